The minimum atomic E-state index is -4.05. The van der Waals surface area contributed by atoms with Crippen LogP contribution in [0.25, 0.3) is 6.08 Å². The van der Waals surface area contributed by atoms with Crippen LogP contribution in [0.15, 0.2) is 65.6 Å². The first-order chi connectivity index (χ1) is 16.2. The Bertz CT molecular complexity index is 1070. The van der Waals surface area contributed by atoms with E-state index in [0.717, 1.165) is 5.56 Å². The van der Waals surface area contributed by atoms with Gasteiger partial charge in [0.2, 0.25) is 11.8 Å². The van der Waals surface area contributed by atoms with Gasteiger partial charge in [0.05, 0.1) is 23.8 Å². The number of ether oxygens (including phenoxy) is 1. The molecule has 9 nitrogen and oxygen atoms in total. The number of rotatable bonds is 12. The molecule has 0 aromatic heterocycles. The average molecular weight is 490 g/mol. The standard InChI is InChI=1S/C24H31N3O6S/c1-17(2)16-22(21(24(29)26-30)11-7-10-18-8-5-4-6-9-18)23(28)25-27-34(31,32)20-14-12-19(33-3)13-15-20/h4-10,12-15,17,21-22,27,30H,11,16H2,1-3H3,(H,25,28)(H,26,29)/t21-,22+/m0/s1. The van der Waals surface area contributed by atoms with Gasteiger partial charge in [-0.15, -0.1) is 4.83 Å². The molecule has 0 saturated carbocycles. The highest BCUT2D eigenvalue weighted by Gasteiger charge is 2.34. The fourth-order valence-electron chi connectivity index (χ4n) is 3.44. The molecule has 34 heavy (non-hydrogen) atoms. The zero-order valence-electron chi connectivity index (χ0n) is 19.4. The molecule has 0 unspecified atom stereocenters. The highest BCUT2D eigenvalue weighted by molar-refractivity contribution is 7.89. The topological polar surface area (TPSA) is 134 Å². The third kappa shape index (κ3) is 7.98. The van der Waals surface area contributed by atoms with Gasteiger partial charge in [-0.3, -0.25) is 20.2 Å². The van der Waals surface area contributed by atoms with Crippen molar-refractivity contribution in [1.82, 2.24) is 15.7 Å². The minimum Gasteiger partial charge on any atom is -0.497 e. The first kappa shape index (κ1) is 27.0. The van der Waals surface area contributed by atoms with Crippen molar-refractivity contribution < 1.29 is 28.0 Å². The van der Waals surface area contributed by atoms with Crippen molar-refractivity contribution in [2.75, 3.05) is 7.11 Å². The predicted octanol–water partition coefficient (Wildman–Crippen LogP) is 2.89. The third-order valence-electron chi connectivity index (χ3n) is 5.17. The average Bonchev–Trinajstić information content (AvgIpc) is 2.84. The first-order valence-corrected chi connectivity index (χ1v) is 12.3. The Morgan fingerprint density at radius 2 is 1.65 bits per heavy atom. The number of methoxy groups -OCH3 is 1. The molecule has 0 aliphatic heterocycles. The fourth-order valence-corrected chi connectivity index (χ4v) is 4.28. The maximum atomic E-state index is 13.0. The molecule has 184 valence electrons. The number of hydrogen-bond acceptors (Lipinski definition) is 6. The summed E-state index contributed by atoms with van der Waals surface area (Å²) in [5.74, 6) is -2.70. The zero-order valence-corrected chi connectivity index (χ0v) is 20.2. The Balaban J connectivity index is 2.18. The molecule has 0 bridgehead atoms. The summed E-state index contributed by atoms with van der Waals surface area (Å²) in [7, 11) is -2.59. The van der Waals surface area contributed by atoms with Crippen molar-refractivity contribution in [2.45, 2.75) is 31.6 Å². The number of carbonyl (C=O) groups is 2. The van der Waals surface area contributed by atoms with E-state index in [9.17, 15) is 23.2 Å². The van der Waals surface area contributed by atoms with E-state index in [1.54, 1.807) is 11.6 Å². The molecular formula is C24H31N3O6S. The van der Waals surface area contributed by atoms with Crippen LogP contribution in [0.1, 0.15) is 32.3 Å². The van der Waals surface area contributed by atoms with Crippen LogP contribution in [0.2, 0.25) is 0 Å². The van der Waals surface area contributed by atoms with E-state index in [0.29, 0.717) is 12.2 Å². The largest absolute Gasteiger partial charge is 0.497 e. The number of hydrazine groups is 1. The zero-order chi connectivity index (χ0) is 25.1. The summed E-state index contributed by atoms with van der Waals surface area (Å²) in [5, 5.41) is 9.26. The quantitative estimate of drug-likeness (QED) is 0.268. The van der Waals surface area contributed by atoms with Crippen LogP contribution in [-0.4, -0.2) is 32.5 Å². The number of benzene rings is 2. The van der Waals surface area contributed by atoms with E-state index < -0.39 is 33.7 Å². The van der Waals surface area contributed by atoms with Gasteiger partial charge in [-0.1, -0.05) is 56.3 Å². The van der Waals surface area contributed by atoms with Gasteiger partial charge in [0.25, 0.3) is 10.0 Å². The van der Waals surface area contributed by atoms with Crippen molar-refractivity contribution >= 4 is 27.9 Å². The maximum Gasteiger partial charge on any atom is 0.257 e. The molecule has 2 aromatic carbocycles. The molecule has 0 aliphatic rings. The highest BCUT2D eigenvalue weighted by atomic mass is 32.2. The molecule has 0 heterocycles. The van der Waals surface area contributed by atoms with E-state index in [1.165, 1.54) is 31.4 Å². The molecule has 0 radical (unpaired) electrons. The van der Waals surface area contributed by atoms with Crippen LogP contribution in [-0.2, 0) is 19.6 Å². The van der Waals surface area contributed by atoms with Crippen LogP contribution in [0.4, 0.5) is 0 Å². The van der Waals surface area contributed by atoms with Crippen LogP contribution in [0.3, 0.4) is 0 Å². The lowest BCUT2D eigenvalue weighted by atomic mass is 9.82. The molecule has 10 heteroatoms. The van der Waals surface area contributed by atoms with E-state index in [2.05, 4.69) is 10.3 Å². The summed E-state index contributed by atoms with van der Waals surface area (Å²) in [5.41, 5.74) is 4.78. The van der Waals surface area contributed by atoms with Gasteiger partial charge in [0.15, 0.2) is 0 Å². The normalized spacial score (nSPS) is 13.4. The number of carbonyl (C=O) groups excluding carboxylic acids is 2. The molecule has 4 N–H and O–H groups in total. The number of hydroxylamine groups is 1. The van der Waals surface area contributed by atoms with Crippen molar-refractivity contribution in [3.05, 3.63) is 66.2 Å². The van der Waals surface area contributed by atoms with Gasteiger partial charge in [-0.05, 0) is 48.6 Å². The lowest BCUT2D eigenvalue weighted by Gasteiger charge is -2.25. The van der Waals surface area contributed by atoms with Gasteiger partial charge in [-0.25, -0.2) is 13.9 Å². The van der Waals surface area contributed by atoms with E-state index in [1.807, 2.05) is 50.3 Å². The Morgan fingerprint density at radius 3 is 2.21 bits per heavy atom. The van der Waals surface area contributed by atoms with Crippen molar-refractivity contribution in [3.63, 3.8) is 0 Å². The predicted molar refractivity (Wildman–Crippen MR) is 128 cm³/mol. The first-order valence-electron chi connectivity index (χ1n) is 10.8. The Kier molecular flexibility index (Phi) is 10.2. The van der Waals surface area contributed by atoms with Gasteiger partial charge >= 0.3 is 0 Å². The Hall–Kier alpha value is -3.21. The molecule has 0 spiro atoms. The second kappa shape index (κ2) is 12.9. The van der Waals surface area contributed by atoms with Gasteiger partial charge in [-0.2, -0.15) is 0 Å². The number of nitrogens with one attached hydrogen (secondary N) is 3. The summed E-state index contributed by atoms with van der Waals surface area (Å²) in [6.07, 6.45) is 4.02. The van der Waals surface area contributed by atoms with Gasteiger partial charge in [0, 0.05) is 0 Å². The summed E-state index contributed by atoms with van der Waals surface area (Å²) in [6, 6.07) is 15.1. The molecule has 2 rings (SSSR count). The molecule has 2 aromatic rings. The van der Waals surface area contributed by atoms with Gasteiger partial charge in [0.1, 0.15) is 5.75 Å². The van der Waals surface area contributed by atoms with E-state index >= 15 is 0 Å². The molecule has 0 aliphatic carbocycles. The SMILES string of the molecule is COc1ccc(S(=O)(=O)NNC(=O)[C@H](CC(C)C)[C@H](CC=Cc2ccccc2)C(=O)NO)cc1. The van der Waals surface area contributed by atoms with Gasteiger partial charge < -0.3 is 4.74 Å². The summed E-state index contributed by atoms with van der Waals surface area (Å²) < 4.78 is 30.2. The number of amides is 2. The second-order valence-corrected chi connectivity index (χ2v) is 9.82. The van der Waals surface area contributed by atoms with E-state index in [4.69, 9.17) is 4.74 Å². The number of hydrogen-bond donors (Lipinski definition) is 4. The van der Waals surface area contributed by atoms with Crippen molar-refractivity contribution in [2.24, 2.45) is 17.8 Å². The Morgan fingerprint density at radius 1 is 1.00 bits per heavy atom. The summed E-state index contributed by atoms with van der Waals surface area (Å²) in [4.78, 5) is 27.5. The molecule has 0 saturated heterocycles. The highest BCUT2D eigenvalue weighted by Crippen LogP contribution is 2.25. The molecular weight excluding hydrogens is 458 g/mol. The lowest BCUT2D eigenvalue weighted by molar-refractivity contribution is -0.140. The number of sulfonamides is 1. The van der Waals surface area contributed by atoms with Crippen LogP contribution in [0.5, 0.6) is 5.75 Å². The third-order valence-corrected chi connectivity index (χ3v) is 6.44. The molecule has 2 atom stereocenters. The lowest BCUT2D eigenvalue weighted by Crippen LogP contribution is -2.48. The summed E-state index contributed by atoms with van der Waals surface area (Å²) >= 11 is 0. The summed E-state index contributed by atoms with van der Waals surface area (Å²) in [6.45, 7) is 3.77. The second-order valence-electron chi connectivity index (χ2n) is 8.14. The fraction of sp³-hybridized carbons (Fsp3) is 0.333. The van der Waals surface area contributed by atoms with Crippen molar-refractivity contribution in [1.29, 1.82) is 0 Å². The Labute approximate surface area is 200 Å². The molecule has 2 amide bonds. The smallest absolute Gasteiger partial charge is 0.257 e. The van der Waals surface area contributed by atoms with Crippen LogP contribution >= 0.6 is 0 Å². The maximum absolute atomic E-state index is 13.0. The number of allylic oxidation sites excluding steroid dienone is 1. The van der Waals surface area contributed by atoms with E-state index in [-0.39, 0.29) is 17.2 Å². The monoisotopic (exact) mass is 489 g/mol. The van der Waals surface area contributed by atoms with Crippen LogP contribution < -0.4 is 20.5 Å². The molecule has 0 fully saturated rings. The van der Waals surface area contributed by atoms with Crippen molar-refractivity contribution in [3.8, 4) is 5.75 Å². The van der Waals surface area contributed by atoms with Crippen LogP contribution in [0, 0.1) is 17.8 Å². The minimum absolute atomic E-state index is 0.0287.